The van der Waals surface area contributed by atoms with Crippen LogP contribution in [0.5, 0.6) is 0 Å². The van der Waals surface area contributed by atoms with E-state index in [1.54, 1.807) is 31.2 Å². The molecule has 1 aromatic carbocycles. The number of aliphatic hydroxyl groups excluding tert-OH is 1. The van der Waals surface area contributed by atoms with Gasteiger partial charge in [-0.1, -0.05) is 36.3 Å². The first-order valence-corrected chi connectivity index (χ1v) is 4.65. The predicted octanol–water partition coefficient (Wildman–Crippen LogP) is 1.29. The van der Waals surface area contributed by atoms with E-state index in [1.807, 2.05) is 6.07 Å². The van der Waals surface area contributed by atoms with Crippen LogP contribution in [0.15, 0.2) is 30.3 Å². The number of ether oxygens (including phenoxy) is 1. The fourth-order valence-corrected chi connectivity index (χ4v) is 1.01. The van der Waals surface area contributed by atoms with Gasteiger partial charge in [0.05, 0.1) is 6.61 Å². The molecule has 0 spiro atoms. The fraction of sp³-hybridized carbons (Fsp3) is 0.250. The smallest absolute Gasteiger partial charge is 0.384 e. The summed E-state index contributed by atoms with van der Waals surface area (Å²) in [7, 11) is 0. The van der Waals surface area contributed by atoms with E-state index < -0.39 is 12.1 Å². The minimum Gasteiger partial charge on any atom is -0.456 e. The van der Waals surface area contributed by atoms with Crippen molar-refractivity contribution < 1.29 is 14.6 Å². The number of benzene rings is 1. The van der Waals surface area contributed by atoms with E-state index in [9.17, 15) is 9.90 Å². The van der Waals surface area contributed by atoms with Gasteiger partial charge in [-0.3, -0.25) is 0 Å². The van der Waals surface area contributed by atoms with Gasteiger partial charge >= 0.3 is 5.97 Å². The first-order chi connectivity index (χ1) is 7.24. The molecular weight excluding hydrogens is 192 g/mol. The van der Waals surface area contributed by atoms with Crippen molar-refractivity contribution in [1.82, 2.24) is 0 Å². The Morgan fingerprint density at radius 3 is 2.73 bits per heavy atom. The molecule has 1 aromatic rings. The van der Waals surface area contributed by atoms with Crippen molar-refractivity contribution in [2.45, 2.75) is 13.0 Å². The largest absolute Gasteiger partial charge is 0.456 e. The van der Waals surface area contributed by atoms with Gasteiger partial charge in [0.1, 0.15) is 6.10 Å². The van der Waals surface area contributed by atoms with Crippen LogP contribution < -0.4 is 0 Å². The molecule has 0 bridgehead atoms. The second-order valence-electron chi connectivity index (χ2n) is 2.80. The Labute approximate surface area is 88.7 Å². The second kappa shape index (κ2) is 5.84. The maximum absolute atomic E-state index is 10.9. The molecule has 15 heavy (non-hydrogen) atoms. The second-order valence-corrected chi connectivity index (χ2v) is 2.80. The van der Waals surface area contributed by atoms with E-state index in [-0.39, 0.29) is 6.61 Å². The van der Waals surface area contributed by atoms with Crippen molar-refractivity contribution in [3.05, 3.63) is 35.9 Å². The molecular formula is C12H12O3. The standard InChI is InChI=1S/C12H12O3/c1-2-15-12(14)9-8-11(13)10-6-4-3-5-7-10/h3-7,11,13H,2H2,1H3/t11-/m0/s1. The third kappa shape index (κ3) is 3.84. The molecule has 0 saturated heterocycles. The van der Waals surface area contributed by atoms with Gasteiger partial charge < -0.3 is 9.84 Å². The van der Waals surface area contributed by atoms with Gasteiger partial charge in [0, 0.05) is 5.92 Å². The molecule has 0 aromatic heterocycles. The van der Waals surface area contributed by atoms with Gasteiger partial charge in [-0.2, -0.15) is 0 Å². The molecule has 0 unspecified atom stereocenters. The van der Waals surface area contributed by atoms with Crippen LogP contribution >= 0.6 is 0 Å². The van der Waals surface area contributed by atoms with Gasteiger partial charge in [0.2, 0.25) is 0 Å². The van der Waals surface area contributed by atoms with E-state index in [0.717, 1.165) is 0 Å². The number of carbonyl (C=O) groups excluding carboxylic acids is 1. The van der Waals surface area contributed by atoms with Crippen LogP contribution in [0.1, 0.15) is 18.6 Å². The van der Waals surface area contributed by atoms with Crippen LogP contribution in [-0.2, 0) is 9.53 Å². The van der Waals surface area contributed by atoms with Gasteiger partial charge in [0.25, 0.3) is 0 Å². The Morgan fingerprint density at radius 2 is 2.13 bits per heavy atom. The van der Waals surface area contributed by atoms with E-state index in [4.69, 9.17) is 0 Å². The Morgan fingerprint density at radius 1 is 1.47 bits per heavy atom. The number of hydrogen-bond acceptors (Lipinski definition) is 3. The zero-order chi connectivity index (χ0) is 11.1. The van der Waals surface area contributed by atoms with Crippen molar-refractivity contribution in [3.63, 3.8) is 0 Å². The highest BCUT2D eigenvalue weighted by Gasteiger charge is 2.02. The molecule has 3 heteroatoms. The number of aliphatic hydroxyl groups is 1. The average molecular weight is 204 g/mol. The predicted molar refractivity (Wildman–Crippen MR) is 55.8 cm³/mol. The summed E-state index contributed by atoms with van der Waals surface area (Å²) in [6.45, 7) is 1.99. The molecule has 3 nitrogen and oxygen atoms in total. The quantitative estimate of drug-likeness (QED) is 0.448. The summed E-state index contributed by atoms with van der Waals surface area (Å²) in [5.41, 5.74) is 0.661. The van der Waals surface area contributed by atoms with Crippen molar-refractivity contribution in [2.24, 2.45) is 0 Å². The molecule has 0 saturated carbocycles. The minimum atomic E-state index is -0.949. The summed E-state index contributed by atoms with van der Waals surface area (Å²) in [6.07, 6.45) is -0.949. The molecule has 78 valence electrons. The summed E-state index contributed by atoms with van der Waals surface area (Å²) >= 11 is 0. The summed E-state index contributed by atoms with van der Waals surface area (Å²) in [6, 6.07) is 8.92. The van der Waals surface area contributed by atoms with E-state index >= 15 is 0 Å². The van der Waals surface area contributed by atoms with E-state index in [0.29, 0.717) is 5.56 Å². The summed E-state index contributed by atoms with van der Waals surface area (Å²) in [4.78, 5) is 10.9. The molecule has 0 heterocycles. The van der Waals surface area contributed by atoms with Crippen LogP contribution in [0, 0.1) is 11.8 Å². The van der Waals surface area contributed by atoms with Crippen molar-refractivity contribution >= 4 is 5.97 Å². The van der Waals surface area contributed by atoms with Gasteiger partial charge in [-0.05, 0) is 12.5 Å². The third-order valence-electron chi connectivity index (χ3n) is 1.70. The zero-order valence-corrected chi connectivity index (χ0v) is 8.43. The van der Waals surface area contributed by atoms with E-state index in [2.05, 4.69) is 16.6 Å². The molecule has 1 atom stereocenters. The highest BCUT2D eigenvalue weighted by molar-refractivity contribution is 5.88. The lowest BCUT2D eigenvalue weighted by atomic mass is 10.1. The molecule has 0 fully saturated rings. The molecule has 1 N–H and O–H groups in total. The lowest BCUT2D eigenvalue weighted by Crippen LogP contribution is -2.01. The van der Waals surface area contributed by atoms with Crippen LogP contribution in [0.4, 0.5) is 0 Å². The van der Waals surface area contributed by atoms with Gasteiger partial charge in [-0.25, -0.2) is 4.79 Å². The van der Waals surface area contributed by atoms with Crippen molar-refractivity contribution in [3.8, 4) is 11.8 Å². The molecule has 0 aliphatic rings. The normalized spacial score (nSPS) is 11.1. The zero-order valence-electron chi connectivity index (χ0n) is 8.43. The Balaban J connectivity index is 2.63. The molecule has 0 amide bonds. The molecule has 0 radical (unpaired) electrons. The summed E-state index contributed by atoms with van der Waals surface area (Å²) < 4.78 is 4.60. The molecule has 0 aliphatic carbocycles. The summed E-state index contributed by atoms with van der Waals surface area (Å²) in [5.74, 6) is 4.02. The van der Waals surface area contributed by atoms with E-state index in [1.165, 1.54) is 0 Å². The topological polar surface area (TPSA) is 46.5 Å². The number of hydrogen-bond donors (Lipinski definition) is 1. The monoisotopic (exact) mass is 204 g/mol. The maximum Gasteiger partial charge on any atom is 0.384 e. The Kier molecular flexibility index (Phi) is 4.39. The first-order valence-electron chi connectivity index (χ1n) is 4.65. The van der Waals surface area contributed by atoms with Crippen LogP contribution in [0.2, 0.25) is 0 Å². The summed E-state index contributed by atoms with van der Waals surface area (Å²) in [5, 5.41) is 9.56. The Bertz CT molecular complexity index is 373. The van der Waals surface area contributed by atoms with Crippen LogP contribution in [0.3, 0.4) is 0 Å². The number of esters is 1. The SMILES string of the molecule is CCOC(=O)C#C[C@H](O)c1ccccc1. The lowest BCUT2D eigenvalue weighted by Gasteiger charge is -2.01. The number of carbonyl (C=O) groups is 1. The Hall–Kier alpha value is -1.79. The maximum atomic E-state index is 10.9. The third-order valence-corrected chi connectivity index (χ3v) is 1.70. The highest BCUT2D eigenvalue weighted by atomic mass is 16.5. The lowest BCUT2D eigenvalue weighted by molar-refractivity contribution is -0.136. The van der Waals surface area contributed by atoms with Crippen LogP contribution in [-0.4, -0.2) is 17.7 Å². The van der Waals surface area contributed by atoms with Crippen LogP contribution in [0.25, 0.3) is 0 Å². The molecule has 1 rings (SSSR count). The average Bonchev–Trinajstić information content (AvgIpc) is 2.27. The fourth-order valence-electron chi connectivity index (χ4n) is 1.01. The molecule has 0 aliphatic heterocycles. The highest BCUT2D eigenvalue weighted by Crippen LogP contribution is 2.09. The van der Waals surface area contributed by atoms with Crippen molar-refractivity contribution in [2.75, 3.05) is 6.61 Å². The number of rotatable bonds is 2. The van der Waals surface area contributed by atoms with Gasteiger partial charge in [-0.15, -0.1) is 0 Å². The minimum absolute atomic E-state index is 0.287. The van der Waals surface area contributed by atoms with Gasteiger partial charge in [0.15, 0.2) is 0 Å². The first kappa shape index (κ1) is 11.3. The van der Waals surface area contributed by atoms with Crippen molar-refractivity contribution in [1.29, 1.82) is 0 Å².